The molecule has 13 atom stereocenters. The van der Waals surface area contributed by atoms with E-state index in [1.54, 1.807) is 0 Å². The Bertz CT molecular complexity index is 2690. The van der Waals surface area contributed by atoms with E-state index < -0.39 is 191 Å². The molecule has 0 saturated carbocycles. The number of nitrogens with two attached hydrogens (primary N) is 1. The second-order valence-electron chi connectivity index (χ2n) is 20.9. The average molecular weight is 1120 g/mol. The van der Waals surface area contributed by atoms with Crippen molar-refractivity contribution >= 4 is 41.5 Å². The van der Waals surface area contributed by atoms with Gasteiger partial charge in [0.1, 0.15) is 36.8 Å². The number of carbonyl (C=O) groups excluding carboxylic acids is 7. The molecule has 15 N–H and O–H groups in total. The Morgan fingerprint density at radius 2 is 1.38 bits per heavy atom. The van der Waals surface area contributed by atoms with E-state index in [1.165, 1.54) is 32.2 Å². The number of aliphatic hydroxyl groups is 8. The molecule has 26 nitrogen and oxygen atoms in total. The molecule has 0 spiro atoms. The van der Waals surface area contributed by atoms with Crippen molar-refractivity contribution in [3.8, 4) is 22.6 Å². The molecule has 436 valence electrons. The van der Waals surface area contributed by atoms with Crippen LogP contribution >= 0.6 is 0 Å². The van der Waals surface area contributed by atoms with Crippen LogP contribution in [0.5, 0.6) is 11.5 Å². The highest BCUT2D eigenvalue weighted by Gasteiger charge is 2.50. The molecular weight excluding hydrogens is 1050 g/mol. The highest BCUT2D eigenvalue weighted by molar-refractivity contribution is 5.98. The lowest BCUT2D eigenvalue weighted by Crippen LogP contribution is -2.64. The van der Waals surface area contributed by atoms with Crippen LogP contribution in [0.2, 0.25) is 0 Å². The number of benzene rings is 3. The van der Waals surface area contributed by atoms with Crippen molar-refractivity contribution in [1.29, 1.82) is 0 Å². The third-order valence-corrected chi connectivity index (χ3v) is 15.3. The number of phenolic OH excluding ortho intramolecular Hbond substituents is 1. The Morgan fingerprint density at radius 1 is 0.762 bits per heavy atom. The van der Waals surface area contributed by atoms with Crippen LogP contribution in [0.25, 0.3) is 11.1 Å². The maximum Gasteiger partial charge on any atom is 0.410 e. The van der Waals surface area contributed by atoms with Gasteiger partial charge in [-0.05, 0) is 59.7 Å². The molecule has 0 radical (unpaired) electrons. The minimum Gasteiger partial charge on any atom is -0.504 e. The van der Waals surface area contributed by atoms with Gasteiger partial charge in [-0.1, -0.05) is 61.5 Å². The number of amides is 7. The fraction of sp³-hybridized carbons (Fsp3) is 0.537. The first-order valence-electron chi connectivity index (χ1n) is 26.4. The number of fused-ring (bicyclic) bond motifs is 5. The van der Waals surface area contributed by atoms with Crippen LogP contribution in [0.3, 0.4) is 0 Å². The number of nitrogens with one attached hydrogen (secondary N) is 4. The molecule has 0 aromatic heterocycles. The molecule has 7 rings (SSSR count). The van der Waals surface area contributed by atoms with Crippen LogP contribution in [0.15, 0.2) is 66.7 Å². The molecule has 80 heavy (non-hydrogen) atoms. The van der Waals surface area contributed by atoms with Gasteiger partial charge in [0.2, 0.25) is 35.4 Å². The van der Waals surface area contributed by atoms with E-state index in [0.29, 0.717) is 0 Å². The number of hydrogen-bond donors (Lipinski definition) is 14. The zero-order chi connectivity index (χ0) is 58.3. The third-order valence-electron chi connectivity index (χ3n) is 15.3. The molecule has 3 fully saturated rings. The topological polar surface area (TPSA) is 404 Å². The average Bonchev–Trinajstić information content (AvgIpc) is 4.22. The van der Waals surface area contributed by atoms with E-state index in [9.17, 15) is 74.7 Å². The van der Waals surface area contributed by atoms with Crippen LogP contribution in [0.4, 0.5) is 4.79 Å². The SMILES string of the molecule is COc1cc(C[C@@H](O)[C@@H]2NC(=O)[C@@H]3C[C@@H](O)CN3C(=O)[C@H]([C@@H](C)O)NC(=O)C(N)C[C@@H](O)CNC(=O)[C@@H]3[C@@H](O)[C@@H](C)CN3C(=O)[C@H]([C@H](O)CCN(C(=O)OCC3c4ccccc4-c4ccccc43)C(CO)CO)NC2=O)ccc1O. The summed E-state index contributed by atoms with van der Waals surface area (Å²) in [4.78, 5) is 103. The van der Waals surface area contributed by atoms with E-state index in [0.717, 1.165) is 43.9 Å². The molecule has 0 bridgehead atoms. The van der Waals surface area contributed by atoms with Crippen molar-refractivity contribution in [3.05, 3.63) is 83.4 Å². The quantitative estimate of drug-likeness (QED) is 0.0729. The standard InChI is InChI=1S/C54H72N8O18/c1-26-21-62-46(47(26)71)51(75)56-20-30(66)18-37(55)48(72)57-43(27(2)65)52(76)61-22-31(67)19-38(61)49(73)58-44(41(70)16-28-12-13-39(68)42(17-28)79-3)50(74)59-45(53(62)77)40(69)14-15-60(29(23-63)24-64)54(78)80-25-36-34-10-6-4-8-32(34)33-9-5-7-11-35(33)36/h4-13,17,26-27,29-31,36-38,40-41,43-47,63-71H,14-16,18-25,55H2,1-3H3,(H,56,75)(H,57,72)(H,58,73)(H,59,74)/t26-,27+,30+,31+,37?,38-,40+,41+,43-,44-,45-,46-,47-/m0/s1. The summed E-state index contributed by atoms with van der Waals surface area (Å²) in [6.07, 6.45) is -13.3. The summed E-state index contributed by atoms with van der Waals surface area (Å²) in [6, 6.07) is 6.69. The summed E-state index contributed by atoms with van der Waals surface area (Å²) in [7, 11) is 1.26. The number of rotatable bonds is 14. The van der Waals surface area contributed by atoms with Crippen LogP contribution in [-0.2, 0) is 39.9 Å². The maximum atomic E-state index is 15.1. The number of aromatic hydroxyl groups is 1. The second-order valence-corrected chi connectivity index (χ2v) is 20.9. The van der Waals surface area contributed by atoms with Gasteiger partial charge in [-0.15, -0.1) is 0 Å². The number of ether oxygens (including phenoxy) is 2. The molecule has 26 heteroatoms. The van der Waals surface area contributed by atoms with Gasteiger partial charge in [0.05, 0.1) is 69.0 Å². The minimum atomic E-state index is -2.16. The lowest BCUT2D eigenvalue weighted by Gasteiger charge is -2.35. The van der Waals surface area contributed by atoms with Crippen molar-refractivity contribution in [2.24, 2.45) is 11.7 Å². The van der Waals surface area contributed by atoms with Crippen molar-refractivity contribution in [1.82, 2.24) is 36.0 Å². The number of nitrogens with zero attached hydrogens (tertiary/aromatic N) is 3. The van der Waals surface area contributed by atoms with Crippen LogP contribution in [0.1, 0.15) is 55.7 Å². The third kappa shape index (κ3) is 13.4. The number of phenols is 1. The Balaban J connectivity index is 1.24. The van der Waals surface area contributed by atoms with Gasteiger partial charge < -0.3 is 97.1 Å². The summed E-state index contributed by atoms with van der Waals surface area (Å²) in [6.45, 7) is -1.16. The highest BCUT2D eigenvalue weighted by Crippen LogP contribution is 2.44. The predicted molar refractivity (Wildman–Crippen MR) is 281 cm³/mol. The van der Waals surface area contributed by atoms with Gasteiger partial charge in [-0.3, -0.25) is 28.8 Å². The molecular formula is C54H72N8O18. The van der Waals surface area contributed by atoms with E-state index >= 15 is 4.79 Å². The van der Waals surface area contributed by atoms with E-state index in [2.05, 4.69) is 21.3 Å². The zero-order valence-electron chi connectivity index (χ0n) is 44.4. The molecule has 1 aliphatic carbocycles. The molecule has 3 aromatic rings. The van der Waals surface area contributed by atoms with E-state index in [-0.39, 0.29) is 30.2 Å². The van der Waals surface area contributed by atoms with Crippen LogP contribution in [0, 0.1) is 5.92 Å². The zero-order valence-corrected chi connectivity index (χ0v) is 44.4. The number of aliphatic hydroxyl groups excluding tert-OH is 8. The second kappa shape index (κ2) is 26.5. The highest BCUT2D eigenvalue weighted by atomic mass is 16.6. The summed E-state index contributed by atoms with van der Waals surface area (Å²) in [5, 5.41) is 109. The van der Waals surface area contributed by atoms with Crippen LogP contribution in [-0.4, -0.2) is 234 Å². The molecule has 3 aliphatic heterocycles. The molecule has 3 saturated heterocycles. The van der Waals surface area contributed by atoms with Gasteiger partial charge in [-0.25, -0.2) is 4.79 Å². The Labute approximate surface area is 460 Å². The Morgan fingerprint density at radius 3 is 2.00 bits per heavy atom. The van der Waals surface area contributed by atoms with Crippen molar-refractivity contribution < 1.29 is 89.0 Å². The first-order valence-corrected chi connectivity index (χ1v) is 26.4. The summed E-state index contributed by atoms with van der Waals surface area (Å²) in [5.41, 5.74) is 9.99. The van der Waals surface area contributed by atoms with Gasteiger partial charge in [0, 0.05) is 50.9 Å². The van der Waals surface area contributed by atoms with Crippen molar-refractivity contribution in [2.45, 2.75) is 124 Å². The van der Waals surface area contributed by atoms with E-state index in [1.807, 2.05) is 48.5 Å². The normalized spacial score (nSPS) is 27.3. The lowest BCUT2D eigenvalue weighted by molar-refractivity contribution is -0.147. The van der Waals surface area contributed by atoms with Gasteiger partial charge >= 0.3 is 6.09 Å². The molecule has 3 heterocycles. The first kappa shape index (κ1) is 60.6. The number of carbonyl (C=O) groups is 7. The lowest BCUT2D eigenvalue weighted by atomic mass is 9.98. The van der Waals surface area contributed by atoms with Crippen molar-refractivity contribution in [3.63, 3.8) is 0 Å². The summed E-state index contributed by atoms with van der Waals surface area (Å²) < 4.78 is 11.1. The summed E-state index contributed by atoms with van der Waals surface area (Å²) in [5.74, 6) is -8.42. The smallest absolute Gasteiger partial charge is 0.410 e. The first-order chi connectivity index (χ1) is 38.1. The van der Waals surface area contributed by atoms with Crippen LogP contribution < -0.4 is 31.7 Å². The van der Waals surface area contributed by atoms with Gasteiger partial charge in [-0.2, -0.15) is 0 Å². The maximum absolute atomic E-state index is 15.1. The Hall–Kier alpha value is -7.01. The monoisotopic (exact) mass is 1120 g/mol. The molecule has 7 amide bonds. The number of hydrogen-bond acceptors (Lipinski definition) is 19. The largest absolute Gasteiger partial charge is 0.504 e. The summed E-state index contributed by atoms with van der Waals surface area (Å²) >= 11 is 0. The van der Waals surface area contributed by atoms with E-state index in [4.69, 9.17) is 15.2 Å². The van der Waals surface area contributed by atoms with Crippen molar-refractivity contribution in [2.75, 3.05) is 53.1 Å². The minimum absolute atomic E-state index is 0.0365. The van der Waals surface area contributed by atoms with Gasteiger partial charge in [0.15, 0.2) is 11.5 Å². The van der Waals surface area contributed by atoms with Gasteiger partial charge in [0.25, 0.3) is 0 Å². The Kier molecular flexibility index (Phi) is 20.1. The molecule has 3 aromatic carbocycles. The number of β-amino-alcohol motifs (C(OH)–C–C–N with tert-alkyl or cyclic N) is 1. The predicted octanol–water partition coefficient (Wildman–Crippen LogP) is -4.13. The fourth-order valence-electron chi connectivity index (χ4n) is 10.8. The molecule has 4 aliphatic rings. The fourth-order valence-corrected chi connectivity index (χ4v) is 10.8. The molecule has 1 unspecified atom stereocenters. The number of methoxy groups -OCH3 is 1.